The fourth-order valence-corrected chi connectivity index (χ4v) is 15.8. The Balaban J connectivity index is 6.32. The van der Waals surface area contributed by atoms with Crippen LogP contribution in [0.25, 0.3) is 0 Å². The van der Waals surface area contributed by atoms with Gasteiger partial charge in [-0.3, -0.25) is 9.34 Å². The molecule has 5 heteroatoms. The summed E-state index contributed by atoms with van der Waals surface area (Å²) >= 11 is 7.48. The smallest absolute Gasteiger partial charge is 0.0956 e. The summed E-state index contributed by atoms with van der Waals surface area (Å²) in [7, 11) is -1.39. The van der Waals surface area contributed by atoms with Crippen LogP contribution in [-0.2, 0) is 0 Å². The van der Waals surface area contributed by atoms with E-state index in [1.165, 1.54) is 0 Å². The molecule has 0 saturated carbocycles. The Labute approximate surface area is 140 Å². The van der Waals surface area contributed by atoms with Crippen LogP contribution in [0.5, 0.6) is 0 Å². The second kappa shape index (κ2) is 8.01. The molecule has 0 spiro atoms. The van der Waals surface area contributed by atoms with Crippen molar-refractivity contribution in [3.63, 3.8) is 0 Å². The molecular formula is C16H38ClN2PSi. The van der Waals surface area contributed by atoms with Gasteiger partial charge in [-0.2, -0.15) is 0 Å². The SMILES string of the molecule is CC(C)N(C(C)C)P(Cl)(=C[Si](C)(C)C)N(C(C)C)C(C)C. The van der Waals surface area contributed by atoms with E-state index in [4.69, 9.17) is 11.2 Å². The van der Waals surface area contributed by atoms with Gasteiger partial charge in [0.25, 0.3) is 0 Å². The van der Waals surface area contributed by atoms with Gasteiger partial charge in [-0.05, 0) is 55.4 Å². The molecule has 0 saturated heterocycles. The predicted octanol–water partition coefficient (Wildman–Crippen LogP) is 5.91. The average Bonchev–Trinajstić information content (AvgIpc) is 2.08. The molecule has 0 aliphatic rings. The third-order valence-electron chi connectivity index (χ3n) is 3.32. The zero-order chi connectivity index (χ0) is 17.2. The lowest BCUT2D eigenvalue weighted by molar-refractivity contribution is 0.261. The molecule has 0 aromatic carbocycles. The van der Waals surface area contributed by atoms with E-state index < -0.39 is 14.6 Å². The average molecular weight is 353 g/mol. The number of rotatable bonds is 7. The van der Waals surface area contributed by atoms with Crippen LogP contribution >= 0.6 is 17.8 Å². The third-order valence-corrected chi connectivity index (χ3v) is 12.8. The van der Waals surface area contributed by atoms with E-state index in [1.807, 2.05) is 0 Å². The molecule has 0 aromatic heterocycles. The van der Waals surface area contributed by atoms with Gasteiger partial charge >= 0.3 is 0 Å². The van der Waals surface area contributed by atoms with Gasteiger partial charge in [0.05, 0.1) is 14.6 Å². The first-order chi connectivity index (χ1) is 9.24. The first kappa shape index (κ1) is 21.7. The standard InChI is InChI=1S/C16H38ClN2PSi/c1-13(2)18(14(3)4)20(17,12-21(9,10)11)19(15(5)6)16(7)8/h12-16H,1-11H3. The van der Waals surface area contributed by atoms with Crippen molar-refractivity contribution in [2.45, 2.75) is 99.2 Å². The van der Waals surface area contributed by atoms with Gasteiger partial charge < -0.3 is 0 Å². The third kappa shape index (κ3) is 6.03. The highest BCUT2D eigenvalue weighted by Crippen LogP contribution is 2.63. The van der Waals surface area contributed by atoms with Crippen molar-refractivity contribution < 1.29 is 0 Å². The van der Waals surface area contributed by atoms with Crippen LogP contribution in [0.2, 0.25) is 19.6 Å². The van der Waals surface area contributed by atoms with Gasteiger partial charge in [0.2, 0.25) is 0 Å². The second-order valence-electron chi connectivity index (χ2n) is 8.20. The Kier molecular flexibility index (Phi) is 8.29. The molecule has 0 N–H and O–H groups in total. The minimum Gasteiger partial charge on any atom is -0.256 e. The van der Waals surface area contributed by atoms with E-state index in [9.17, 15) is 0 Å². The van der Waals surface area contributed by atoms with Crippen molar-refractivity contribution in [3.8, 4) is 0 Å². The molecule has 0 rings (SSSR count). The zero-order valence-electron chi connectivity index (χ0n) is 16.1. The van der Waals surface area contributed by atoms with Crippen molar-refractivity contribution in [3.05, 3.63) is 0 Å². The molecular weight excluding hydrogens is 315 g/mol. The van der Waals surface area contributed by atoms with E-state index in [0.29, 0.717) is 24.2 Å². The van der Waals surface area contributed by atoms with Crippen LogP contribution in [0.4, 0.5) is 0 Å². The Morgan fingerprint density at radius 2 is 0.952 bits per heavy atom. The summed E-state index contributed by atoms with van der Waals surface area (Å²) in [5, 5.41) is 0. The molecule has 0 bridgehead atoms. The first-order valence-electron chi connectivity index (χ1n) is 8.27. The molecule has 0 unspecified atom stereocenters. The summed E-state index contributed by atoms with van der Waals surface area (Å²) in [4.78, 5) is 0. The number of halogens is 1. The molecule has 0 atom stereocenters. The molecule has 0 fully saturated rings. The summed E-state index contributed by atoms with van der Waals surface area (Å²) in [6.45, 7) is 23.4. The van der Waals surface area contributed by atoms with Crippen molar-refractivity contribution in [2.75, 3.05) is 0 Å². The van der Waals surface area contributed by atoms with Crippen LogP contribution < -0.4 is 0 Å². The number of nitrogens with zero attached hydrogens (tertiary/aromatic N) is 2. The maximum atomic E-state index is 7.48. The van der Waals surface area contributed by atoms with Crippen molar-refractivity contribution >= 4 is 31.3 Å². The van der Waals surface area contributed by atoms with Gasteiger partial charge in [0, 0.05) is 24.2 Å². The molecule has 128 valence electrons. The monoisotopic (exact) mass is 352 g/mol. The van der Waals surface area contributed by atoms with Gasteiger partial charge in [0.1, 0.15) is 0 Å². The fourth-order valence-electron chi connectivity index (χ4n) is 3.23. The lowest BCUT2D eigenvalue weighted by atomic mass is 10.3. The molecule has 2 nitrogen and oxygen atoms in total. The second-order valence-corrected chi connectivity index (χ2v) is 17.5. The molecule has 0 aromatic rings. The summed E-state index contributed by atoms with van der Waals surface area (Å²) in [6.07, 6.45) is 0. The molecule has 0 heterocycles. The summed E-state index contributed by atoms with van der Waals surface area (Å²) in [6, 6.07) is 1.79. The quantitative estimate of drug-likeness (QED) is 0.415. The minimum atomic E-state index is -1.96. The summed E-state index contributed by atoms with van der Waals surface area (Å²) < 4.78 is 5.12. The van der Waals surface area contributed by atoms with E-state index >= 15 is 0 Å². The maximum Gasteiger partial charge on any atom is 0.0956 e. The van der Waals surface area contributed by atoms with Crippen LogP contribution in [0, 0.1) is 0 Å². The zero-order valence-corrected chi connectivity index (χ0v) is 18.8. The van der Waals surface area contributed by atoms with Crippen LogP contribution in [0.1, 0.15) is 55.4 Å². The summed E-state index contributed by atoms with van der Waals surface area (Å²) in [5.74, 6) is 0. The van der Waals surface area contributed by atoms with Crippen LogP contribution in [0.15, 0.2) is 0 Å². The van der Waals surface area contributed by atoms with Crippen molar-refractivity contribution in [2.24, 2.45) is 0 Å². The Morgan fingerprint density at radius 3 is 1.10 bits per heavy atom. The van der Waals surface area contributed by atoms with E-state index in [2.05, 4.69) is 89.8 Å². The molecule has 0 aliphatic carbocycles. The first-order valence-corrected chi connectivity index (χ1v) is 14.5. The van der Waals surface area contributed by atoms with Gasteiger partial charge in [-0.15, -0.1) is 0 Å². The molecule has 0 aliphatic heterocycles. The number of hydrogen-bond donors (Lipinski definition) is 0. The van der Waals surface area contributed by atoms with Crippen molar-refractivity contribution in [1.29, 1.82) is 0 Å². The number of hydrogen-bond acceptors (Lipinski definition) is 2. The molecule has 21 heavy (non-hydrogen) atoms. The Morgan fingerprint density at radius 1 is 0.714 bits per heavy atom. The normalized spacial score (nSPS) is 14.4. The van der Waals surface area contributed by atoms with Crippen LogP contribution in [0.3, 0.4) is 0 Å². The molecule has 0 amide bonds. The maximum absolute atomic E-state index is 7.48. The Bertz CT molecular complexity index is 333. The van der Waals surface area contributed by atoms with Gasteiger partial charge in [-0.25, -0.2) is 0 Å². The van der Waals surface area contributed by atoms with Gasteiger partial charge in [0.15, 0.2) is 0 Å². The highest BCUT2D eigenvalue weighted by molar-refractivity contribution is 7.96. The highest BCUT2D eigenvalue weighted by Gasteiger charge is 2.38. The van der Waals surface area contributed by atoms with Crippen molar-refractivity contribution in [1.82, 2.24) is 9.34 Å². The predicted molar refractivity (Wildman–Crippen MR) is 106 cm³/mol. The molecule has 0 radical (unpaired) electrons. The minimum absolute atomic E-state index is 0.448. The fraction of sp³-hybridized carbons (Fsp3) is 0.938. The lowest BCUT2D eigenvalue weighted by Crippen LogP contribution is -2.45. The van der Waals surface area contributed by atoms with E-state index in [-0.39, 0.29) is 0 Å². The van der Waals surface area contributed by atoms with Gasteiger partial charge in [-0.1, -0.05) is 36.3 Å². The lowest BCUT2D eigenvalue weighted by Gasteiger charge is -2.50. The highest BCUT2D eigenvalue weighted by atomic mass is 35.7. The topological polar surface area (TPSA) is 6.48 Å². The summed E-state index contributed by atoms with van der Waals surface area (Å²) in [5.41, 5.74) is 2.56. The van der Waals surface area contributed by atoms with E-state index in [0.717, 1.165) is 0 Å². The van der Waals surface area contributed by atoms with E-state index in [1.54, 1.807) is 0 Å². The largest absolute Gasteiger partial charge is 0.256 e. The van der Waals surface area contributed by atoms with Crippen LogP contribution in [-0.4, -0.2) is 47.0 Å². The Hall–Kier alpha value is 0.727.